The first kappa shape index (κ1) is 14.9. The number of hydrogen-bond donors (Lipinski definition) is 2. The minimum Gasteiger partial charge on any atom is -0.395 e. The summed E-state index contributed by atoms with van der Waals surface area (Å²) >= 11 is 0. The largest absolute Gasteiger partial charge is 0.395 e. The molecule has 4 heteroatoms. The van der Waals surface area contributed by atoms with Crippen molar-refractivity contribution >= 4 is 0 Å². The standard InChI is InChI=1S/C13H27NO3/c1-12(2)9-11(17-8-7-16)10-13(3,4)14(12)5-6-15/h11,15-16H,5-10H2,1-4H3. The average molecular weight is 245 g/mol. The minimum absolute atomic E-state index is 0.0185. The number of aliphatic hydroxyl groups is 2. The van der Waals surface area contributed by atoms with Crippen molar-refractivity contribution in [3.05, 3.63) is 0 Å². The van der Waals surface area contributed by atoms with Crippen molar-refractivity contribution in [3.63, 3.8) is 0 Å². The third kappa shape index (κ3) is 3.65. The van der Waals surface area contributed by atoms with E-state index < -0.39 is 0 Å². The van der Waals surface area contributed by atoms with Crippen molar-refractivity contribution in [3.8, 4) is 0 Å². The Balaban J connectivity index is 2.73. The van der Waals surface area contributed by atoms with Gasteiger partial charge in [-0.2, -0.15) is 0 Å². The van der Waals surface area contributed by atoms with Crippen molar-refractivity contribution in [2.75, 3.05) is 26.4 Å². The molecular formula is C13H27NO3. The average Bonchev–Trinajstić information content (AvgIpc) is 2.19. The van der Waals surface area contributed by atoms with Crippen LogP contribution in [0, 0.1) is 0 Å². The van der Waals surface area contributed by atoms with E-state index in [1.807, 2.05) is 0 Å². The highest BCUT2D eigenvalue weighted by atomic mass is 16.5. The number of β-amino-alcohol motifs (C(OH)–C–C–N with tert-alkyl or cyclic N) is 1. The summed E-state index contributed by atoms with van der Waals surface area (Å²) < 4.78 is 5.69. The molecule has 1 aliphatic rings. The molecule has 17 heavy (non-hydrogen) atoms. The van der Waals surface area contributed by atoms with Gasteiger partial charge in [-0.3, -0.25) is 4.90 Å². The highest BCUT2D eigenvalue weighted by molar-refractivity contribution is 5.00. The third-order valence-electron chi connectivity index (χ3n) is 3.68. The summed E-state index contributed by atoms with van der Waals surface area (Å²) in [5, 5.41) is 18.0. The summed E-state index contributed by atoms with van der Waals surface area (Å²) in [5.74, 6) is 0. The molecule has 1 aliphatic heterocycles. The molecule has 1 saturated heterocycles. The predicted molar refractivity (Wildman–Crippen MR) is 68.0 cm³/mol. The molecule has 1 fully saturated rings. The second-order valence-corrected chi connectivity index (χ2v) is 6.12. The summed E-state index contributed by atoms with van der Waals surface area (Å²) in [5.41, 5.74) is 0.0369. The lowest BCUT2D eigenvalue weighted by Gasteiger charge is -2.55. The van der Waals surface area contributed by atoms with E-state index in [1.54, 1.807) is 0 Å². The number of nitrogens with zero attached hydrogens (tertiary/aromatic N) is 1. The summed E-state index contributed by atoms with van der Waals surface area (Å²) in [7, 11) is 0. The van der Waals surface area contributed by atoms with Crippen LogP contribution in [0.4, 0.5) is 0 Å². The van der Waals surface area contributed by atoms with Gasteiger partial charge in [-0.05, 0) is 40.5 Å². The van der Waals surface area contributed by atoms with Gasteiger partial charge in [-0.25, -0.2) is 0 Å². The van der Waals surface area contributed by atoms with Crippen LogP contribution < -0.4 is 0 Å². The zero-order valence-corrected chi connectivity index (χ0v) is 11.6. The van der Waals surface area contributed by atoms with Crippen LogP contribution in [0.5, 0.6) is 0 Å². The molecule has 102 valence electrons. The lowest BCUT2D eigenvalue weighted by molar-refractivity contribution is -0.111. The molecule has 0 atom stereocenters. The Morgan fingerprint density at radius 3 is 2.00 bits per heavy atom. The van der Waals surface area contributed by atoms with Crippen LogP contribution >= 0.6 is 0 Å². The molecule has 4 nitrogen and oxygen atoms in total. The maximum atomic E-state index is 9.18. The molecule has 0 unspecified atom stereocenters. The van der Waals surface area contributed by atoms with E-state index in [2.05, 4.69) is 32.6 Å². The Labute approximate surface area is 105 Å². The minimum atomic E-state index is 0.0185. The number of piperidine rings is 1. The van der Waals surface area contributed by atoms with E-state index >= 15 is 0 Å². The summed E-state index contributed by atoms with van der Waals surface area (Å²) in [6.07, 6.45) is 2.08. The summed E-state index contributed by atoms with van der Waals surface area (Å²) in [6.45, 7) is 10.2. The van der Waals surface area contributed by atoms with Gasteiger partial charge >= 0.3 is 0 Å². The summed E-state index contributed by atoms with van der Waals surface area (Å²) in [4.78, 5) is 2.36. The summed E-state index contributed by atoms with van der Waals surface area (Å²) in [6, 6.07) is 0. The first-order chi connectivity index (χ1) is 7.83. The monoisotopic (exact) mass is 245 g/mol. The smallest absolute Gasteiger partial charge is 0.0701 e. The van der Waals surface area contributed by atoms with E-state index in [0.29, 0.717) is 13.2 Å². The zero-order chi connectivity index (χ0) is 13.1. The lowest BCUT2D eigenvalue weighted by atomic mass is 9.78. The highest BCUT2D eigenvalue weighted by Crippen LogP contribution is 2.39. The third-order valence-corrected chi connectivity index (χ3v) is 3.68. The fraction of sp³-hybridized carbons (Fsp3) is 1.00. The van der Waals surface area contributed by atoms with Crippen LogP contribution in [0.1, 0.15) is 40.5 Å². The van der Waals surface area contributed by atoms with Crippen molar-refractivity contribution in [1.29, 1.82) is 0 Å². The number of ether oxygens (including phenoxy) is 1. The maximum absolute atomic E-state index is 9.18. The topological polar surface area (TPSA) is 52.9 Å². The van der Waals surface area contributed by atoms with Crippen LogP contribution in [0.25, 0.3) is 0 Å². The van der Waals surface area contributed by atoms with E-state index in [9.17, 15) is 5.11 Å². The van der Waals surface area contributed by atoms with Gasteiger partial charge in [-0.15, -0.1) is 0 Å². The van der Waals surface area contributed by atoms with Crippen LogP contribution in [-0.2, 0) is 4.74 Å². The Kier molecular flexibility index (Phi) is 4.95. The van der Waals surface area contributed by atoms with E-state index in [0.717, 1.165) is 12.8 Å². The lowest BCUT2D eigenvalue weighted by Crippen LogP contribution is -2.62. The van der Waals surface area contributed by atoms with Crippen molar-refractivity contribution in [1.82, 2.24) is 4.90 Å². The molecule has 0 aromatic rings. The molecule has 1 heterocycles. The molecule has 0 saturated carbocycles. The van der Waals surface area contributed by atoms with E-state index in [1.165, 1.54) is 0 Å². The quantitative estimate of drug-likeness (QED) is 0.759. The normalized spacial score (nSPS) is 25.1. The number of likely N-dealkylation sites (tertiary alicyclic amines) is 1. The van der Waals surface area contributed by atoms with Gasteiger partial charge in [0.25, 0.3) is 0 Å². The molecule has 0 radical (unpaired) electrons. The molecule has 2 N–H and O–H groups in total. The molecule has 1 rings (SSSR count). The van der Waals surface area contributed by atoms with Gasteiger partial charge in [0.1, 0.15) is 0 Å². The zero-order valence-electron chi connectivity index (χ0n) is 11.6. The molecule has 0 aromatic heterocycles. The van der Waals surface area contributed by atoms with E-state index in [-0.39, 0.29) is 30.4 Å². The molecule has 0 aromatic carbocycles. The maximum Gasteiger partial charge on any atom is 0.0701 e. The molecule has 0 aliphatic carbocycles. The fourth-order valence-electron chi connectivity index (χ4n) is 3.27. The van der Waals surface area contributed by atoms with Gasteiger partial charge in [-0.1, -0.05) is 0 Å². The predicted octanol–water partition coefficient (Wildman–Crippen LogP) is 1.01. The van der Waals surface area contributed by atoms with Crippen molar-refractivity contribution in [2.24, 2.45) is 0 Å². The molecular weight excluding hydrogens is 218 g/mol. The number of rotatable bonds is 5. The van der Waals surface area contributed by atoms with Crippen molar-refractivity contribution < 1.29 is 14.9 Å². The van der Waals surface area contributed by atoms with Crippen molar-refractivity contribution in [2.45, 2.75) is 57.7 Å². The molecule has 0 spiro atoms. The van der Waals surface area contributed by atoms with Gasteiger partial charge in [0, 0.05) is 17.6 Å². The van der Waals surface area contributed by atoms with E-state index in [4.69, 9.17) is 9.84 Å². The Morgan fingerprint density at radius 2 is 1.59 bits per heavy atom. The van der Waals surface area contributed by atoms with Gasteiger partial charge in [0.15, 0.2) is 0 Å². The van der Waals surface area contributed by atoms with Crippen LogP contribution in [0.3, 0.4) is 0 Å². The SMILES string of the molecule is CC1(C)CC(OCCO)CC(C)(C)N1CCO. The number of aliphatic hydroxyl groups excluding tert-OH is 2. The molecule has 0 bridgehead atoms. The highest BCUT2D eigenvalue weighted by Gasteiger charge is 2.45. The first-order valence-corrected chi connectivity index (χ1v) is 6.44. The fourth-order valence-corrected chi connectivity index (χ4v) is 3.27. The van der Waals surface area contributed by atoms with Gasteiger partial charge in [0.05, 0.1) is 25.9 Å². The Hall–Kier alpha value is -0.160. The molecule has 0 amide bonds. The first-order valence-electron chi connectivity index (χ1n) is 6.44. The van der Waals surface area contributed by atoms with Gasteiger partial charge < -0.3 is 14.9 Å². The van der Waals surface area contributed by atoms with Crippen LogP contribution in [0.15, 0.2) is 0 Å². The van der Waals surface area contributed by atoms with Crippen LogP contribution in [0.2, 0.25) is 0 Å². The Bertz CT molecular complexity index is 223. The second-order valence-electron chi connectivity index (χ2n) is 6.12. The van der Waals surface area contributed by atoms with Gasteiger partial charge in [0.2, 0.25) is 0 Å². The Morgan fingerprint density at radius 1 is 1.06 bits per heavy atom. The van der Waals surface area contributed by atoms with Crippen LogP contribution in [-0.4, -0.2) is 58.7 Å². The second kappa shape index (κ2) is 5.65. The number of hydrogen-bond acceptors (Lipinski definition) is 4.